The minimum Gasteiger partial charge on any atom is -0.338 e. The molecule has 1 aromatic carbocycles. The van der Waals surface area contributed by atoms with Crippen molar-refractivity contribution in [3.63, 3.8) is 0 Å². The van der Waals surface area contributed by atoms with Crippen molar-refractivity contribution < 1.29 is 22.8 Å². The van der Waals surface area contributed by atoms with Crippen LogP contribution in [0.1, 0.15) is 32.8 Å². The lowest BCUT2D eigenvalue weighted by atomic mass is 10.2. The molecular weight excluding hydrogens is 381 g/mol. The van der Waals surface area contributed by atoms with Crippen LogP contribution in [-0.4, -0.2) is 33.3 Å². The molecule has 0 aliphatic carbocycles. The monoisotopic (exact) mass is 402 g/mol. The molecule has 0 aliphatic rings. The molecule has 3 amide bonds. The minimum atomic E-state index is -4.44. The van der Waals surface area contributed by atoms with Crippen molar-refractivity contribution in [3.8, 4) is 0 Å². The Morgan fingerprint density at radius 1 is 1.30 bits per heavy atom. The summed E-state index contributed by atoms with van der Waals surface area (Å²) in [7, 11) is 0. The van der Waals surface area contributed by atoms with Crippen molar-refractivity contribution in [1.29, 1.82) is 0 Å². The Morgan fingerprint density at radius 3 is 2.59 bits per heavy atom. The van der Waals surface area contributed by atoms with Gasteiger partial charge < -0.3 is 9.88 Å². The molecule has 27 heavy (non-hydrogen) atoms. The number of hydrogen-bond acceptors (Lipinski definition) is 4. The number of carbonyl (C=O) groups is 2. The van der Waals surface area contributed by atoms with Gasteiger partial charge in [-0.25, -0.2) is 9.78 Å². The number of aromatic nitrogens is 2. The van der Waals surface area contributed by atoms with E-state index in [2.05, 4.69) is 15.6 Å². The first kappa shape index (κ1) is 21.1. The summed E-state index contributed by atoms with van der Waals surface area (Å²) in [5, 5.41) is 4.46. The first-order valence-electron chi connectivity index (χ1n) is 8.50. The SMILES string of the molecule is CCCn1c(SC(C)C(=O)NC(=O)NCC)nc2ccc(C(F)(F)F)cc21. The fourth-order valence-corrected chi connectivity index (χ4v) is 3.39. The fourth-order valence-electron chi connectivity index (χ4n) is 2.44. The Morgan fingerprint density at radius 2 is 2.00 bits per heavy atom. The van der Waals surface area contributed by atoms with Crippen LogP contribution in [0.15, 0.2) is 23.4 Å². The lowest BCUT2D eigenvalue weighted by Gasteiger charge is -2.13. The molecule has 0 spiro atoms. The Bertz CT molecular complexity index is 835. The fraction of sp³-hybridized carbons (Fsp3) is 0.471. The second-order valence-corrected chi connectivity index (χ2v) is 7.16. The van der Waals surface area contributed by atoms with Gasteiger partial charge in [-0.2, -0.15) is 13.2 Å². The highest BCUT2D eigenvalue weighted by molar-refractivity contribution is 8.00. The minimum absolute atomic E-state index is 0.366. The molecule has 10 heteroatoms. The number of nitrogens with one attached hydrogen (secondary N) is 2. The summed E-state index contributed by atoms with van der Waals surface area (Å²) >= 11 is 1.10. The highest BCUT2D eigenvalue weighted by Gasteiger charge is 2.31. The molecule has 1 aromatic heterocycles. The Balaban J connectivity index is 2.30. The number of aryl methyl sites for hydroxylation is 1. The zero-order valence-electron chi connectivity index (χ0n) is 15.2. The van der Waals surface area contributed by atoms with Crippen molar-refractivity contribution >= 4 is 34.7 Å². The van der Waals surface area contributed by atoms with Gasteiger partial charge in [-0.1, -0.05) is 18.7 Å². The van der Waals surface area contributed by atoms with Crippen molar-refractivity contribution in [3.05, 3.63) is 23.8 Å². The number of halogens is 3. The van der Waals surface area contributed by atoms with Crippen LogP contribution in [0.2, 0.25) is 0 Å². The number of carbonyl (C=O) groups excluding carboxylic acids is 2. The molecule has 0 fully saturated rings. The summed E-state index contributed by atoms with van der Waals surface area (Å²) in [5.41, 5.74) is 0.0478. The summed E-state index contributed by atoms with van der Waals surface area (Å²) in [6, 6.07) is 2.80. The molecule has 0 saturated heterocycles. The van der Waals surface area contributed by atoms with Crippen LogP contribution in [-0.2, 0) is 17.5 Å². The molecule has 1 atom stereocenters. The normalized spacial score (nSPS) is 12.8. The van der Waals surface area contributed by atoms with E-state index in [9.17, 15) is 22.8 Å². The van der Waals surface area contributed by atoms with Crippen LogP contribution in [0.25, 0.3) is 11.0 Å². The van der Waals surface area contributed by atoms with Crippen LogP contribution in [0.3, 0.4) is 0 Å². The maximum atomic E-state index is 13.0. The Kier molecular flexibility index (Phi) is 6.74. The second kappa shape index (κ2) is 8.64. The summed E-state index contributed by atoms with van der Waals surface area (Å²) in [6.07, 6.45) is -3.75. The number of hydrogen-bond donors (Lipinski definition) is 2. The number of nitrogens with zero attached hydrogens (tertiary/aromatic N) is 2. The van der Waals surface area contributed by atoms with E-state index >= 15 is 0 Å². The van der Waals surface area contributed by atoms with Crippen molar-refractivity contribution in [2.75, 3.05) is 6.54 Å². The van der Waals surface area contributed by atoms with Gasteiger partial charge in [0, 0.05) is 13.1 Å². The lowest BCUT2D eigenvalue weighted by molar-refractivity contribution is -0.137. The Labute approximate surface area is 158 Å². The zero-order valence-corrected chi connectivity index (χ0v) is 16.0. The highest BCUT2D eigenvalue weighted by Crippen LogP contribution is 2.33. The predicted molar refractivity (Wildman–Crippen MR) is 97.6 cm³/mol. The molecule has 2 N–H and O–H groups in total. The molecule has 1 heterocycles. The number of amides is 3. The van der Waals surface area contributed by atoms with Gasteiger partial charge in [-0.3, -0.25) is 10.1 Å². The standard InChI is InChI=1S/C17H21F3N4O2S/c1-4-8-24-13-9-11(17(18,19)20)6-7-12(13)22-16(24)27-10(3)14(25)23-15(26)21-5-2/h6-7,9-10H,4-5,8H2,1-3H3,(H2,21,23,25,26). The number of thioether (sulfide) groups is 1. The van der Waals surface area contributed by atoms with E-state index in [1.807, 2.05) is 6.92 Å². The Hall–Kier alpha value is -2.23. The van der Waals surface area contributed by atoms with E-state index in [1.165, 1.54) is 6.07 Å². The number of alkyl halides is 3. The number of rotatable bonds is 6. The summed E-state index contributed by atoms with van der Waals surface area (Å²) < 4.78 is 40.7. The average Bonchev–Trinajstić information content (AvgIpc) is 2.91. The largest absolute Gasteiger partial charge is 0.416 e. The number of fused-ring (bicyclic) bond motifs is 1. The highest BCUT2D eigenvalue weighted by atomic mass is 32.2. The van der Waals surface area contributed by atoms with Gasteiger partial charge in [0.2, 0.25) is 5.91 Å². The zero-order chi connectivity index (χ0) is 20.2. The quantitative estimate of drug-likeness (QED) is 0.721. The second-order valence-electron chi connectivity index (χ2n) is 5.86. The number of urea groups is 1. The molecule has 0 radical (unpaired) electrons. The average molecular weight is 402 g/mol. The molecule has 0 saturated carbocycles. The van der Waals surface area contributed by atoms with Crippen LogP contribution < -0.4 is 10.6 Å². The molecule has 148 valence electrons. The molecule has 0 aliphatic heterocycles. The molecule has 6 nitrogen and oxygen atoms in total. The van der Waals surface area contributed by atoms with E-state index in [-0.39, 0.29) is 0 Å². The van der Waals surface area contributed by atoms with Crippen LogP contribution >= 0.6 is 11.8 Å². The van der Waals surface area contributed by atoms with E-state index in [4.69, 9.17) is 0 Å². The number of benzene rings is 1. The maximum Gasteiger partial charge on any atom is 0.416 e. The summed E-state index contributed by atoms with van der Waals surface area (Å²) in [5.74, 6) is -0.503. The lowest BCUT2D eigenvalue weighted by Crippen LogP contribution is -2.42. The molecule has 1 unspecified atom stereocenters. The third-order valence-corrected chi connectivity index (χ3v) is 4.80. The summed E-state index contributed by atoms with van der Waals surface area (Å²) in [4.78, 5) is 28.0. The first-order valence-corrected chi connectivity index (χ1v) is 9.38. The van der Waals surface area contributed by atoms with Crippen molar-refractivity contribution in [2.24, 2.45) is 0 Å². The maximum absolute atomic E-state index is 13.0. The van der Waals surface area contributed by atoms with Gasteiger partial charge in [-0.15, -0.1) is 0 Å². The van der Waals surface area contributed by atoms with E-state index in [1.54, 1.807) is 18.4 Å². The van der Waals surface area contributed by atoms with Gasteiger partial charge >= 0.3 is 12.2 Å². The van der Waals surface area contributed by atoms with Crippen LogP contribution in [0.4, 0.5) is 18.0 Å². The van der Waals surface area contributed by atoms with Gasteiger partial charge in [0.15, 0.2) is 5.16 Å². The number of imide groups is 1. The van der Waals surface area contributed by atoms with E-state index < -0.39 is 28.9 Å². The van der Waals surface area contributed by atoms with Gasteiger partial charge in [0.05, 0.1) is 21.8 Å². The predicted octanol–water partition coefficient (Wildman–Crippen LogP) is 3.79. The topological polar surface area (TPSA) is 76.0 Å². The number of imidazole rings is 1. The van der Waals surface area contributed by atoms with Crippen LogP contribution in [0, 0.1) is 0 Å². The van der Waals surface area contributed by atoms with Crippen molar-refractivity contribution in [2.45, 2.75) is 50.3 Å². The van der Waals surface area contributed by atoms with Gasteiger partial charge in [0.1, 0.15) is 0 Å². The van der Waals surface area contributed by atoms with Crippen LogP contribution in [0.5, 0.6) is 0 Å². The summed E-state index contributed by atoms with van der Waals surface area (Å²) in [6.45, 7) is 6.08. The molecule has 0 bridgehead atoms. The van der Waals surface area contributed by atoms with Gasteiger partial charge in [0.25, 0.3) is 0 Å². The smallest absolute Gasteiger partial charge is 0.338 e. The molecule has 2 rings (SSSR count). The van der Waals surface area contributed by atoms with E-state index in [0.717, 1.165) is 23.9 Å². The molecule has 2 aromatic rings. The molecular formula is C17H21F3N4O2S. The van der Waals surface area contributed by atoms with E-state index in [0.29, 0.717) is 35.7 Å². The third kappa shape index (κ3) is 5.15. The van der Waals surface area contributed by atoms with Gasteiger partial charge in [-0.05, 0) is 38.5 Å². The van der Waals surface area contributed by atoms with Crippen molar-refractivity contribution in [1.82, 2.24) is 20.2 Å². The third-order valence-electron chi connectivity index (χ3n) is 3.71. The first-order chi connectivity index (χ1) is 12.7.